The van der Waals surface area contributed by atoms with Crippen LogP contribution in [0.25, 0.3) is 0 Å². The first kappa shape index (κ1) is 12.9. The zero-order valence-corrected chi connectivity index (χ0v) is 12.3. The molecule has 2 rings (SSSR count). The molecule has 1 heterocycles. The predicted molar refractivity (Wildman–Crippen MR) is 78.4 cm³/mol. The standard InChI is InChI=1S/C14H18INO/c1-2-16-10-12(8-9-15)13(14(16)17)11-6-4-3-5-7-11/h3-7,12-13H,2,8-10H2,1H3. The molecule has 0 spiro atoms. The molecule has 1 aromatic carbocycles. The van der Waals surface area contributed by atoms with Gasteiger partial charge in [-0.15, -0.1) is 0 Å². The molecular weight excluding hydrogens is 325 g/mol. The summed E-state index contributed by atoms with van der Waals surface area (Å²) >= 11 is 2.40. The summed E-state index contributed by atoms with van der Waals surface area (Å²) in [6.07, 6.45) is 1.13. The van der Waals surface area contributed by atoms with E-state index in [1.54, 1.807) is 0 Å². The highest BCUT2D eigenvalue weighted by Gasteiger charge is 2.39. The number of hydrogen-bond acceptors (Lipinski definition) is 1. The molecule has 1 aliphatic heterocycles. The highest BCUT2D eigenvalue weighted by molar-refractivity contribution is 14.1. The number of hydrogen-bond donors (Lipinski definition) is 0. The number of rotatable bonds is 4. The summed E-state index contributed by atoms with van der Waals surface area (Å²) < 4.78 is 1.12. The highest BCUT2D eigenvalue weighted by atomic mass is 127. The van der Waals surface area contributed by atoms with Crippen LogP contribution in [0.2, 0.25) is 0 Å². The second-order valence-electron chi connectivity index (χ2n) is 4.50. The van der Waals surface area contributed by atoms with E-state index < -0.39 is 0 Å². The lowest BCUT2D eigenvalue weighted by Crippen LogP contribution is -2.26. The van der Waals surface area contributed by atoms with Crippen LogP contribution >= 0.6 is 22.6 Å². The van der Waals surface area contributed by atoms with E-state index >= 15 is 0 Å². The van der Waals surface area contributed by atoms with Crippen molar-refractivity contribution >= 4 is 28.5 Å². The molecule has 2 nitrogen and oxygen atoms in total. The van der Waals surface area contributed by atoms with Crippen molar-refractivity contribution in [3.8, 4) is 0 Å². The van der Waals surface area contributed by atoms with E-state index in [0.717, 1.165) is 23.9 Å². The van der Waals surface area contributed by atoms with Gasteiger partial charge in [-0.1, -0.05) is 52.9 Å². The highest BCUT2D eigenvalue weighted by Crippen LogP contribution is 2.35. The third-order valence-electron chi connectivity index (χ3n) is 3.52. The number of carbonyl (C=O) groups excluding carboxylic acids is 1. The molecule has 0 bridgehead atoms. The minimum Gasteiger partial charge on any atom is -0.342 e. The monoisotopic (exact) mass is 343 g/mol. The van der Waals surface area contributed by atoms with Gasteiger partial charge in [0.05, 0.1) is 5.92 Å². The Bertz CT molecular complexity index is 379. The molecule has 0 saturated carbocycles. The van der Waals surface area contributed by atoms with Gasteiger partial charge < -0.3 is 4.90 Å². The maximum Gasteiger partial charge on any atom is 0.230 e. The van der Waals surface area contributed by atoms with E-state index in [0.29, 0.717) is 11.8 Å². The first-order valence-corrected chi connectivity index (χ1v) is 7.70. The maximum atomic E-state index is 12.3. The van der Waals surface area contributed by atoms with Crippen molar-refractivity contribution in [3.63, 3.8) is 0 Å². The van der Waals surface area contributed by atoms with Gasteiger partial charge >= 0.3 is 0 Å². The molecule has 1 aliphatic rings. The summed E-state index contributed by atoms with van der Waals surface area (Å²) in [5.74, 6) is 0.890. The van der Waals surface area contributed by atoms with Crippen LogP contribution in [0.5, 0.6) is 0 Å². The Morgan fingerprint density at radius 1 is 1.35 bits per heavy atom. The molecule has 1 fully saturated rings. The number of likely N-dealkylation sites (N-methyl/N-ethyl adjacent to an activating group) is 1. The van der Waals surface area contributed by atoms with Crippen LogP contribution in [0.4, 0.5) is 0 Å². The summed E-state index contributed by atoms with van der Waals surface area (Å²) in [7, 11) is 0. The van der Waals surface area contributed by atoms with E-state index in [1.165, 1.54) is 5.56 Å². The fraction of sp³-hybridized carbons (Fsp3) is 0.500. The van der Waals surface area contributed by atoms with Gasteiger partial charge in [-0.05, 0) is 29.3 Å². The second kappa shape index (κ2) is 5.85. The molecule has 3 heteroatoms. The summed E-state index contributed by atoms with van der Waals surface area (Å²) in [5, 5.41) is 0. The van der Waals surface area contributed by atoms with Crippen LogP contribution < -0.4 is 0 Å². The average molecular weight is 343 g/mol. The van der Waals surface area contributed by atoms with Gasteiger partial charge in [-0.25, -0.2) is 0 Å². The quantitative estimate of drug-likeness (QED) is 0.608. The minimum absolute atomic E-state index is 0.0888. The van der Waals surface area contributed by atoms with Crippen molar-refractivity contribution in [2.24, 2.45) is 5.92 Å². The second-order valence-corrected chi connectivity index (χ2v) is 5.58. The predicted octanol–water partition coefficient (Wildman–Crippen LogP) is 3.07. The van der Waals surface area contributed by atoms with Gasteiger partial charge in [0, 0.05) is 13.1 Å². The molecule has 2 unspecified atom stereocenters. The number of nitrogens with zero attached hydrogens (tertiary/aromatic N) is 1. The number of alkyl halides is 1. The van der Waals surface area contributed by atoms with Crippen LogP contribution in [-0.4, -0.2) is 28.3 Å². The summed E-state index contributed by atoms with van der Waals surface area (Å²) in [4.78, 5) is 14.3. The Balaban J connectivity index is 2.25. The molecule has 0 radical (unpaired) electrons. The van der Waals surface area contributed by atoms with Gasteiger partial charge in [0.15, 0.2) is 0 Å². The Morgan fingerprint density at radius 3 is 2.65 bits per heavy atom. The molecule has 1 amide bonds. The van der Waals surface area contributed by atoms with Crippen LogP contribution in [0, 0.1) is 5.92 Å². The fourth-order valence-corrected chi connectivity index (χ4v) is 3.43. The molecule has 0 aromatic heterocycles. The molecule has 2 atom stereocenters. The summed E-state index contributed by atoms with van der Waals surface area (Å²) in [6, 6.07) is 10.2. The van der Waals surface area contributed by atoms with Crippen LogP contribution in [0.3, 0.4) is 0 Å². The van der Waals surface area contributed by atoms with Gasteiger partial charge in [0.2, 0.25) is 5.91 Å². The molecule has 0 N–H and O–H groups in total. The molecule has 1 aromatic rings. The van der Waals surface area contributed by atoms with Gasteiger partial charge in [0.1, 0.15) is 0 Å². The number of carbonyl (C=O) groups is 1. The van der Waals surface area contributed by atoms with Crippen molar-refractivity contribution < 1.29 is 4.79 Å². The van der Waals surface area contributed by atoms with Crippen LogP contribution in [0.1, 0.15) is 24.8 Å². The summed E-state index contributed by atoms with van der Waals surface area (Å²) in [5.41, 5.74) is 1.18. The first-order valence-electron chi connectivity index (χ1n) is 6.17. The van der Waals surface area contributed by atoms with Gasteiger partial charge in [-0.3, -0.25) is 4.79 Å². The van der Waals surface area contributed by atoms with E-state index in [2.05, 4.69) is 41.6 Å². The Kier molecular flexibility index (Phi) is 4.42. The van der Waals surface area contributed by atoms with Crippen molar-refractivity contribution in [1.82, 2.24) is 4.90 Å². The van der Waals surface area contributed by atoms with Crippen molar-refractivity contribution in [2.75, 3.05) is 17.5 Å². The maximum absolute atomic E-state index is 12.3. The van der Waals surface area contributed by atoms with Crippen LogP contribution in [-0.2, 0) is 4.79 Å². The lowest BCUT2D eigenvalue weighted by atomic mass is 9.87. The van der Waals surface area contributed by atoms with Crippen molar-refractivity contribution in [3.05, 3.63) is 35.9 Å². The zero-order valence-electron chi connectivity index (χ0n) is 10.1. The number of benzene rings is 1. The van der Waals surface area contributed by atoms with Crippen LogP contribution in [0.15, 0.2) is 30.3 Å². The third kappa shape index (κ3) is 2.64. The zero-order chi connectivity index (χ0) is 12.3. The van der Waals surface area contributed by atoms with E-state index in [1.807, 2.05) is 23.1 Å². The van der Waals surface area contributed by atoms with E-state index in [-0.39, 0.29) is 5.92 Å². The molecule has 17 heavy (non-hydrogen) atoms. The normalized spacial score (nSPS) is 24.4. The van der Waals surface area contributed by atoms with Crippen molar-refractivity contribution in [1.29, 1.82) is 0 Å². The smallest absolute Gasteiger partial charge is 0.230 e. The molecule has 0 aliphatic carbocycles. The lowest BCUT2D eigenvalue weighted by molar-refractivity contribution is -0.128. The fourth-order valence-electron chi connectivity index (χ4n) is 2.63. The lowest BCUT2D eigenvalue weighted by Gasteiger charge is -2.15. The Morgan fingerprint density at radius 2 is 2.06 bits per heavy atom. The van der Waals surface area contributed by atoms with E-state index in [9.17, 15) is 4.79 Å². The van der Waals surface area contributed by atoms with E-state index in [4.69, 9.17) is 0 Å². The molecule has 92 valence electrons. The number of amides is 1. The number of halogens is 1. The number of likely N-dealkylation sites (tertiary alicyclic amines) is 1. The molecular formula is C14H18INO. The topological polar surface area (TPSA) is 20.3 Å². The Hall–Kier alpha value is -0.580. The largest absolute Gasteiger partial charge is 0.342 e. The average Bonchev–Trinajstić information content (AvgIpc) is 2.67. The third-order valence-corrected chi connectivity index (χ3v) is 4.15. The SMILES string of the molecule is CCN1CC(CCI)C(c2ccccc2)C1=O. The minimum atomic E-state index is 0.0888. The summed E-state index contributed by atoms with van der Waals surface area (Å²) in [6.45, 7) is 3.82. The first-order chi connectivity index (χ1) is 8.27. The molecule has 1 saturated heterocycles. The van der Waals surface area contributed by atoms with Gasteiger partial charge in [-0.2, -0.15) is 0 Å². The Labute approximate surface area is 117 Å². The van der Waals surface area contributed by atoms with Gasteiger partial charge in [0.25, 0.3) is 0 Å². The van der Waals surface area contributed by atoms with Crippen molar-refractivity contribution in [2.45, 2.75) is 19.3 Å².